The minimum Gasteiger partial charge on any atom is -0.497 e. The van der Waals surface area contributed by atoms with Gasteiger partial charge < -0.3 is 9.26 Å². The molecule has 1 atom stereocenters. The van der Waals surface area contributed by atoms with Crippen LogP contribution in [-0.2, 0) is 4.57 Å². The Hall–Kier alpha value is -1.77. The topological polar surface area (TPSA) is 38.8 Å². The SMILES string of the molecule is COc1ccc(P(=O)(CN(C)C)Oc2ccc(C)cc2)cc1. The molecule has 2 aromatic carbocycles. The number of methoxy groups -OCH3 is 1. The van der Waals surface area contributed by atoms with Gasteiger partial charge in [0.05, 0.1) is 13.4 Å². The number of aryl methyl sites for hydroxylation is 1. The summed E-state index contributed by atoms with van der Waals surface area (Å²) in [6.07, 6.45) is 0.340. The van der Waals surface area contributed by atoms with Gasteiger partial charge in [-0.3, -0.25) is 9.46 Å². The predicted molar refractivity (Wildman–Crippen MR) is 90.6 cm³/mol. The summed E-state index contributed by atoms with van der Waals surface area (Å²) >= 11 is 0. The summed E-state index contributed by atoms with van der Waals surface area (Å²) in [5.41, 5.74) is 1.14. The Balaban J connectivity index is 2.33. The molecule has 0 N–H and O–H groups in total. The molecule has 0 heterocycles. The van der Waals surface area contributed by atoms with Crippen LogP contribution in [0.25, 0.3) is 0 Å². The molecule has 0 saturated carbocycles. The highest BCUT2D eigenvalue weighted by Crippen LogP contribution is 2.46. The van der Waals surface area contributed by atoms with Crippen LogP contribution in [0.2, 0.25) is 0 Å². The van der Waals surface area contributed by atoms with Crippen molar-refractivity contribution in [2.24, 2.45) is 0 Å². The smallest absolute Gasteiger partial charge is 0.290 e. The number of nitrogens with zero attached hydrogens (tertiary/aromatic N) is 1. The van der Waals surface area contributed by atoms with Crippen LogP contribution in [0.4, 0.5) is 0 Å². The van der Waals surface area contributed by atoms with Crippen molar-refractivity contribution in [3.05, 3.63) is 54.1 Å². The average molecular weight is 319 g/mol. The molecule has 0 saturated heterocycles. The van der Waals surface area contributed by atoms with Gasteiger partial charge in [0.15, 0.2) is 0 Å². The van der Waals surface area contributed by atoms with E-state index in [1.165, 1.54) is 0 Å². The Labute approximate surface area is 132 Å². The second kappa shape index (κ2) is 6.99. The van der Waals surface area contributed by atoms with E-state index in [1.807, 2.05) is 50.2 Å². The van der Waals surface area contributed by atoms with Crippen LogP contribution >= 0.6 is 7.37 Å². The number of hydrogen-bond acceptors (Lipinski definition) is 4. The van der Waals surface area contributed by atoms with Gasteiger partial charge in [-0.15, -0.1) is 0 Å². The summed E-state index contributed by atoms with van der Waals surface area (Å²) in [6, 6.07) is 14.8. The van der Waals surface area contributed by atoms with E-state index in [9.17, 15) is 4.57 Å². The van der Waals surface area contributed by atoms with Gasteiger partial charge in [-0.1, -0.05) is 17.7 Å². The fraction of sp³-hybridized carbons (Fsp3) is 0.294. The Morgan fingerprint density at radius 2 is 1.50 bits per heavy atom. The Kier molecular flexibility index (Phi) is 5.28. The Bertz CT molecular complexity index is 651. The normalized spacial score (nSPS) is 13.7. The molecule has 2 rings (SSSR count). The predicted octanol–water partition coefficient (Wildman–Crippen LogP) is 3.51. The van der Waals surface area contributed by atoms with Gasteiger partial charge >= 0.3 is 0 Å². The maximum atomic E-state index is 13.4. The molecular weight excluding hydrogens is 297 g/mol. The van der Waals surface area contributed by atoms with Crippen LogP contribution in [0.1, 0.15) is 5.56 Å². The van der Waals surface area contributed by atoms with Crippen molar-refractivity contribution in [1.82, 2.24) is 4.90 Å². The molecule has 22 heavy (non-hydrogen) atoms. The van der Waals surface area contributed by atoms with Crippen molar-refractivity contribution in [3.8, 4) is 11.5 Å². The minimum absolute atomic E-state index is 0.340. The molecule has 0 aliphatic rings. The molecule has 5 heteroatoms. The molecule has 0 spiro atoms. The lowest BCUT2D eigenvalue weighted by molar-refractivity contribution is 0.414. The number of rotatable bonds is 6. The maximum Gasteiger partial charge on any atom is 0.290 e. The molecule has 0 aromatic heterocycles. The first-order valence-corrected chi connectivity index (χ1v) is 8.88. The van der Waals surface area contributed by atoms with E-state index in [2.05, 4.69) is 0 Å². The van der Waals surface area contributed by atoms with Gasteiger partial charge in [-0.25, -0.2) is 0 Å². The largest absolute Gasteiger partial charge is 0.497 e. The van der Waals surface area contributed by atoms with E-state index in [4.69, 9.17) is 9.26 Å². The lowest BCUT2D eigenvalue weighted by Gasteiger charge is -2.23. The van der Waals surface area contributed by atoms with Gasteiger partial charge in [0.1, 0.15) is 11.5 Å². The van der Waals surface area contributed by atoms with Crippen molar-refractivity contribution >= 4 is 12.7 Å². The monoisotopic (exact) mass is 319 g/mol. The van der Waals surface area contributed by atoms with E-state index in [0.29, 0.717) is 17.3 Å². The molecule has 0 fully saturated rings. The molecule has 0 radical (unpaired) electrons. The summed E-state index contributed by atoms with van der Waals surface area (Å²) in [7, 11) is 2.35. The van der Waals surface area contributed by atoms with E-state index in [0.717, 1.165) is 11.3 Å². The fourth-order valence-corrected chi connectivity index (χ4v) is 4.25. The highest BCUT2D eigenvalue weighted by atomic mass is 31.2. The van der Waals surface area contributed by atoms with Crippen LogP contribution in [-0.4, -0.2) is 32.4 Å². The van der Waals surface area contributed by atoms with Gasteiger partial charge in [0, 0.05) is 5.30 Å². The fourth-order valence-electron chi connectivity index (χ4n) is 2.11. The summed E-state index contributed by atoms with van der Waals surface area (Å²) in [6.45, 7) is 2.01. The van der Waals surface area contributed by atoms with Crippen molar-refractivity contribution in [3.63, 3.8) is 0 Å². The van der Waals surface area contributed by atoms with Gasteiger partial charge in [-0.05, 0) is 57.4 Å². The van der Waals surface area contributed by atoms with Crippen LogP contribution in [0.15, 0.2) is 48.5 Å². The van der Waals surface area contributed by atoms with Crippen LogP contribution in [0.3, 0.4) is 0 Å². The van der Waals surface area contributed by atoms with Crippen LogP contribution < -0.4 is 14.6 Å². The van der Waals surface area contributed by atoms with E-state index < -0.39 is 7.37 Å². The number of benzene rings is 2. The zero-order valence-electron chi connectivity index (χ0n) is 13.4. The molecule has 118 valence electrons. The molecule has 4 nitrogen and oxygen atoms in total. The number of ether oxygens (including phenoxy) is 1. The average Bonchev–Trinajstić information content (AvgIpc) is 2.49. The van der Waals surface area contributed by atoms with E-state index >= 15 is 0 Å². The second-order valence-electron chi connectivity index (χ2n) is 5.50. The minimum atomic E-state index is -3.02. The van der Waals surface area contributed by atoms with E-state index in [1.54, 1.807) is 31.4 Å². The Morgan fingerprint density at radius 3 is 2.00 bits per heavy atom. The van der Waals surface area contributed by atoms with Crippen LogP contribution in [0, 0.1) is 6.92 Å². The molecule has 2 aromatic rings. The highest BCUT2D eigenvalue weighted by Gasteiger charge is 2.28. The first kappa shape index (κ1) is 16.6. The third-order valence-electron chi connectivity index (χ3n) is 3.21. The van der Waals surface area contributed by atoms with Crippen molar-refractivity contribution < 1.29 is 13.8 Å². The zero-order chi connectivity index (χ0) is 16.2. The summed E-state index contributed by atoms with van der Waals surface area (Å²) < 4.78 is 24.4. The summed E-state index contributed by atoms with van der Waals surface area (Å²) in [4.78, 5) is 1.87. The second-order valence-corrected chi connectivity index (χ2v) is 7.83. The lowest BCUT2D eigenvalue weighted by Crippen LogP contribution is -2.22. The van der Waals surface area contributed by atoms with Crippen LogP contribution in [0.5, 0.6) is 11.5 Å². The molecule has 0 aliphatic heterocycles. The summed E-state index contributed by atoms with van der Waals surface area (Å²) in [5, 5.41) is 0.683. The van der Waals surface area contributed by atoms with Crippen molar-refractivity contribution in [2.45, 2.75) is 6.92 Å². The molecule has 0 amide bonds. The molecular formula is C17H22NO3P. The zero-order valence-corrected chi connectivity index (χ0v) is 14.3. The quantitative estimate of drug-likeness (QED) is 0.764. The standard InChI is InChI=1S/C17H22NO3P/c1-14-5-7-16(8-6-14)21-22(19,13-18(2)3)17-11-9-15(20-4)10-12-17/h5-12H,13H2,1-4H3. The van der Waals surface area contributed by atoms with Gasteiger partial charge in [0.2, 0.25) is 0 Å². The van der Waals surface area contributed by atoms with Gasteiger partial charge in [0.25, 0.3) is 7.37 Å². The number of hydrogen-bond donors (Lipinski definition) is 0. The third-order valence-corrected chi connectivity index (χ3v) is 5.74. The van der Waals surface area contributed by atoms with E-state index in [-0.39, 0.29) is 0 Å². The third kappa shape index (κ3) is 4.12. The lowest BCUT2D eigenvalue weighted by atomic mass is 10.2. The first-order valence-electron chi connectivity index (χ1n) is 7.07. The first-order chi connectivity index (χ1) is 10.4. The Morgan fingerprint density at radius 1 is 0.955 bits per heavy atom. The molecule has 1 unspecified atom stereocenters. The van der Waals surface area contributed by atoms with Crippen molar-refractivity contribution in [2.75, 3.05) is 27.5 Å². The molecule has 0 aliphatic carbocycles. The maximum absolute atomic E-state index is 13.4. The van der Waals surface area contributed by atoms with Gasteiger partial charge in [-0.2, -0.15) is 0 Å². The summed E-state index contributed by atoms with van der Waals surface area (Å²) in [5.74, 6) is 1.35. The van der Waals surface area contributed by atoms with Crippen molar-refractivity contribution in [1.29, 1.82) is 0 Å². The highest BCUT2D eigenvalue weighted by molar-refractivity contribution is 7.67. The molecule has 0 bridgehead atoms.